The number of hydrogen-bond acceptors (Lipinski definition) is 3. The molecule has 0 spiro atoms. The van der Waals surface area contributed by atoms with E-state index in [1.165, 1.54) is 16.8 Å². The second-order valence-electron chi connectivity index (χ2n) is 4.91. The van der Waals surface area contributed by atoms with Gasteiger partial charge in [-0.05, 0) is 37.8 Å². The first-order valence-corrected chi connectivity index (χ1v) is 6.68. The number of carbonyl (C=O) groups excluding carboxylic acids is 1. The third-order valence-corrected chi connectivity index (χ3v) is 3.66. The molecule has 0 aromatic carbocycles. The molecular weight excluding hydrogens is 228 g/mol. The van der Waals surface area contributed by atoms with Gasteiger partial charge in [0.2, 0.25) is 0 Å². The maximum Gasteiger partial charge on any atom is 0.409 e. The van der Waals surface area contributed by atoms with Crippen molar-refractivity contribution in [3.63, 3.8) is 0 Å². The van der Waals surface area contributed by atoms with E-state index in [0.29, 0.717) is 6.61 Å². The van der Waals surface area contributed by atoms with Crippen LogP contribution in [-0.2, 0) is 4.74 Å². The Kier molecular flexibility index (Phi) is 3.94. The Balaban J connectivity index is 1.93. The molecule has 0 unspecified atom stereocenters. The molecule has 0 radical (unpaired) electrons. The normalized spacial score (nSPS) is 20.7. The third-order valence-electron chi connectivity index (χ3n) is 3.66. The van der Waals surface area contributed by atoms with E-state index in [9.17, 15) is 4.79 Å². The standard InChI is InChI=1S/C14H22N2O2/c1-4-18-14(17)16-9-7-15(8-10-16)13-11(2)5-6-12(13)3/h2,4-10H2,1,3H3. The summed E-state index contributed by atoms with van der Waals surface area (Å²) in [4.78, 5) is 15.8. The molecule has 2 aliphatic rings. The van der Waals surface area contributed by atoms with E-state index in [4.69, 9.17) is 4.74 Å². The molecule has 0 aromatic rings. The van der Waals surface area contributed by atoms with E-state index in [2.05, 4.69) is 18.4 Å². The minimum atomic E-state index is -0.187. The molecule has 1 fully saturated rings. The van der Waals surface area contributed by atoms with Gasteiger partial charge < -0.3 is 14.5 Å². The van der Waals surface area contributed by atoms with Gasteiger partial charge in [0, 0.05) is 31.9 Å². The van der Waals surface area contributed by atoms with Crippen LogP contribution in [0.25, 0.3) is 0 Å². The number of amides is 1. The van der Waals surface area contributed by atoms with E-state index in [1.54, 1.807) is 4.90 Å². The molecule has 1 heterocycles. The molecule has 4 nitrogen and oxygen atoms in total. The van der Waals surface area contributed by atoms with Crippen LogP contribution in [0.15, 0.2) is 23.4 Å². The number of nitrogens with zero attached hydrogens (tertiary/aromatic N) is 2. The number of carbonyl (C=O) groups is 1. The number of rotatable bonds is 2. The van der Waals surface area contributed by atoms with Gasteiger partial charge in [-0.2, -0.15) is 0 Å². The molecule has 18 heavy (non-hydrogen) atoms. The molecule has 0 bridgehead atoms. The fraction of sp³-hybridized carbons (Fsp3) is 0.643. The molecule has 1 saturated heterocycles. The quantitative estimate of drug-likeness (QED) is 0.754. The van der Waals surface area contributed by atoms with Gasteiger partial charge in [-0.25, -0.2) is 4.79 Å². The number of allylic oxidation sites excluding steroid dienone is 2. The SMILES string of the molecule is C=C1CCC(C)=C1N1CCN(C(=O)OCC)CC1. The van der Waals surface area contributed by atoms with E-state index < -0.39 is 0 Å². The smallest absolute Gasteiger partial charge is 0.409 e. The lowest BCUT2D eigenvalue weighted by Gasteiger charge is -2.36. The molecule has 1 aliphatic carbocycles. The van der Waals surface area contributed by atoms with Gasteiger partial charge >= 0.3 is 6.09 Å². The zero-order valence-corrected chi connectivity index (χ0v) is 11.4. The van der Waals surface area contributed by atoms with Crippen LogP contribution in [0.4, 0.5) is 4.79 Å². The Morgan fingerprint density at radius 1 is 1.28 bits per heavy atom. The first kappa shape index (κ1) is 13.0. The number of piperazine rings is 1. The Morgan fingerprint density at radius 3 is 2.44 bits per heavy atom. The first-order valence-electron chi connectivity index (χ1n) is 6.68. The summed E-state index contributed by atoms with van der Waals surface area (Å²) >= 11 is 0. The second-order valence-corrected chi connectivity index (χ2v) is 4.91. The molecule has 1 aliphatic heterocycles. The summed E-state index contributed by atoms with van der Waals surface area (Å²) in [7, 11) is 0. The Bertz CT molecular complexity index is 379. The second kappa shape index (κ2) is 5.46. The lowest BCUT2D eigenvalue weighted by molar-refractivity contribution is 0.0873. The summed E-state index contributed by atoms with van der Waals surface area (Å²) < 4.78 is 5.02. The van der Waals surface area contributed by atoms with Crippen molar-refractivity contribution in [1.29, 1.82) is 0 Å². The zero-order valence-electron chi connectivity index (χ0n) is 11.4. The summed E-state index contributed by atoms with van der Waals surface area (Å²) in [5.41, 5.74) is 4.01. The van der Waals surface area contributed by atoms with Crippen LogP contribution in [0.5, 0.6) is 0 Å². The molecule has 4 heteroatoms. The van der Waals surface area contributed by atoms with Crippen LogP contribution in [0.1, 0.15) is 26.7 Å². The van der Waals surface area contributed by atoms with Crippen molar-refractivity contribution in [2.75, 3.05) is 32.8 Å². The minimum Gasteiger partial charge on any atom is -0.450 e. The molecular formula is C14H22N2O2. The van der Waals surface area contributed by atoms with Gasteiger partial charge in [0.25, 0.3) is 0 Å². The Morgan fingerprint density at radius 2 is 1.94 bits per heavy atom. The summed E-state index contributed by atoms with van der Waals surface area (Å²) in [5.74, 6) is 0. The zero-order chi connectivity index (χ0) is 13.1. The van der Waals surface area contributed by atoms with Gasteiger partial charge in [-0.3, -0.25) is 0 Å². The van der Waals surface area contributed by atoms with Gasteiger partial charge in [-0.15, -0.1) is 0 Å². The predicted molar refractivity (Wildman–Crippen MR) is 71.2 cm³/mol. The fourth-order valence-corrected chi connectivity index (χ4v) is 2.70. The van der Waals surface area contributed by atoms with Crippen molar-refractivity contribution in [3.8, 4) is 0 Å². The molecule has 1 amide bonds. The lowest BCUT2D eigenvalue weighted by Crippen LogP contribution is -2.48. The maximum absolute atomic E-state index is 11.6. The largest absolute Gasteiger partial charge is 0.450 e. The van der Waals surface area contributed by atoms with E-state index in [-0.39, 0.29) is 6.09 Å². The fourth-order valence-electron chi connectivity index (χ4n) is 2.70. The van der Waals surface area contributed by atoms with Crippen molar-refractivity contribution in [2.45, 2.75) is 26.7 Å². The van der Waals surface area contributed by atoms with Gasteiger partial charge in [-0.1, -0.05) is 6.58 Å². The highest BCUT2D eigenvalue weighted by Crippen LogP contribution is 2.32. The molecule has 0 atom stereocenters. The molecule has 0 saturated carbocycles. The predicted octanol–water partition coefficient (Wildman–Crippen LogP) is 2.38. The van der Waals surface area contributed by atoms with Crippen LogP contribution in [0.2, 0.25) is 0 Å². The highest BCUT2D eigenvalue weighted by atomic mass is 16.6. The van der Waals surface area contributed by atoms with Crippen molar-refractivity contribution < 1.29 is 9.53 Å². The summed E-state index contributed by atoms with van der Waals surface area (Å²) in [6, 6.07) is 0. The average molecular weight is 250 g/mol. The van der Waals surface area contributed by atoms with E-state index in [0.717, 1.165) is 39.0 Å². The van der Waals surface area contributed by atoms with Crippen LogP contribution in [-0.4, -0.2) is 48.7 Å². The van der Waals surface area contributed by atoms with E-state index in [1.807, 2.05) is 6.92 Å². The van der Waals surface area contributed by atoms with Crippen molar-refractivity contribution >= 4 is 6.09 Å². The van der Waals surface area contributed by atoms with Crippen molar-refractivity contribution in [3.05, 3.63) is 23.4 Å². The molecule has 100 valence electrons. The summed E-state index contributed by atoms with van der Waals surface area (Å²) in [6.45, 7) is 11.8. The highest BCUT2D eigenvalue weighted by Gasteiger charge is 2.26. The van der Waals surface area contributed by atoms with Crippen LogP contribution < -0.4 is 0 Å². The highest BCUT2D eigenvalue weighted by molar-refractivity contribution is 5.67. The number of hydrogen-bond donors (Lipinski definition) is 0. The van der Waals surface area contributed by atoms with Crippen LogP contribution >= 0.6 is 0 Å². The van der Waals surface area contributed by atoms with Crippen LogP contribution in [0.3, 0.4) is 0 Å². The third kappa shape index (κ3) is 2.52. The number of ether oxygens (including phenoxy) is 1. The molecule has 0 aromatic heterocycles. The van der Waals surface area contributed by atoms with Crippen molar-refractivity contribution in [1.82, 2.24) is 9.80 Å². The minimum absolute atomic E-state index is 0.187. The molecule has 0 N–H and O–H groups in total. The Labute approximate surface area is 109 Å². The van der Waals surface area contributed by atoms with Gasteiger partial charge in [0.1, 0.15) is 0 Å². The summed E-state index contributed by atoms with van der Waals surface area (Å²) in [5, 5.41) is 0. The molecule has 2 rings (SSSR count). The maximum atomic E-state index is 11.6. The van der Waals surface area contributed by atoms with Crippen molar-refractivity contribution in [2.24, 2.45) is 0 Å². The average Bonchev–Trinajstić information content (AvgIpc) is 2.70. The van der Waals surface area contributed by atoms with Gasteiger partial charge in [0.05, 0.1) is 6.61 Å². The summed E-state index contributed by atoms with van der Waals surface area (Å²) in [6.07, 6.45) is 2.03. The van der Waals surface area contributed by atoms with Gasteiger partial charge in [0.15, 0.2) is 0 Å². The topological polar surface area (TPSA) is 32.8 Å². The first-order chi connectivity index (χ1) is 8.63. The van der Waals surface area contributed by atoms with Crippen LogP contribution in [0, 0.1) is 0 Å². The Hall–Kier alpha value is -1.45. The lowest BCUT2D eigenvalue weighted by atomic mass is 10.2. The monoisotopic (exact) mass is 250 g/mol. The van der Waals surface area contributed by atoms with E-state index >= 15 is 0 Å².